The maximum Gasteiger partial charge on any atom is 0.267 e. The second-order valence-corrected chi connectivity index (χ2v) is 5.76. The lowest BCUT2D eigenvalue weighted by Gasteiger charge is -2.01. The van der Waals surface area contributed by atoms with Gasteiger partial charge in [-0.2, -0.15) is 4.98 Å². The summed E-state index contributed by atoms with van der Waals surface area (Å²) in [5, 5.41) is 13.0. The van der Waals surface area contributed by atoms with Crippen LogP contribution >= 0.6 is 23.2 Å². The molecule has 0 aliphatic heterocycles. The number of hydrogen-bond donors (Lipinski definition) is 0. The summed E-state index contributed by atoms with van der Waals surface area (Å²) in [5.74, 6) is 0.766. The van der Waals surface area contributed by atoms with Crippen LogP contribution in [0.15, 0.2) is 47.0 Å². The van der Waals surface area contributed by atoms with Crippen molar-refractivity contribution in [3.63, 3.8) is 0 Å². The molecule has 0 atom stereocenters. The zero-order valence-electron chi connectivity index (χ0n) is 12.1. The van der Waals surface area contributed by atoms with Gasteiger partial charge in [-0.05, 0) is 47.7 Å². The molecule has 0 fully saturated rings. The Balaban J connectivity index is 1.51. The van der Waals surface area contributed by atoms with Crippen LogP contribution in [0.2, 0.25) is 10.0 Å². The lowest BCUT2D eigenvalue weighted by molar-refractivity contribution is 0.0583. The maximum absolute atomic E-state index is 5.97. The fourth-order valence-corrected chi connectivity index (χ4v) is 2.41. The minimum atomic E-state index is 0.0472. The van der Waals surface area contributed by atoms with Crippen molar-refractivity contribution in [1.82, 2.24) is 25.3 Å². The molecule has 24 heavy (non-hydrogen) atoms. The van der Waals surface area contributed by atoms with Gasteiger partial charge in [-0.25, -0.2) is 0 Å². The first-order valence-corrected chi connectivity index (χ1v) is 7.67. The second kappa shape index (κ2) is 6.10. The van der Waals surface area contributed by atoms with Gasteiger partial charge in [-0.3, -0.25) is 0 Å². The summed E-state index contributed by atoms with van der Waals surface area (Å²) in [6.07, 6.45) is 0. The molecule has 0 saturated carbocycles. The molecule has 9 heteroatoms. The van der Waals surface area contributed by atoms with Crippen LogP contribution in [-0.2, 0) is 6.61 Å². The normalized spacial score (nSPS) is 11.1. The van der Waals surface area contributed by atoms with Gasteiger partial charge in [0, 0.05) is 15.6 Å². The Kier molecular flexibility index (Phi) is 3.79. The Labute approximate surface area is 145 Å². The summed E-state index contributed by atoms with van der Waals surface area (Å²) in [6.45, 7) is 0.0472. The number of benzene rings is 2. The Bertz CT molecular complexity index is 997. The van der Waals surface area contributed by atoms with Crippen LogP contribution in [0.1, 0.15) is 5.89 Å². The Morgan fingerprint density at radius 2 is 1.83 bits per heavy atom. The van der Waals surface area contributed by atoms with Crippen LogP contribution < -0.4 is 4.84 Å². The molecule has 0 unspecified atom stereocenters. The van der Waals surface area contributed by atoms with Crippen LogP contribution in [0.3, 0.4) is 0 Å². The molecular formula is C15H9Cl2N5O2. The predicted molar refractivity (Wildman–Crippen MR) is 87.6 cm³/mol. The lowest BCUT2D eigenvalue weighted by atomic mass is 10.2. The van der Waals surface area contributed by atoms with Gasteiger partial charge in [0.05, 0.1) is 0 Å². The van der Waals surface area contributed by atoms with Crippen LogP contribution in [0.5, 0.6) is 0 Å². The Morgan fingerprint density at radius 3 is 2.67 bits per heavy atom. The van der Waals surface area contributed by atoms with E-state index in [9.17, 15) is 0 Å². The molecule has 7 nitrogen and oxygen atoms in total. The third kappa shape index (κ3) is 2.91. The Hall–Kier alpha value is -2.64. The molecule has 0 amide bonds. The topological polar surface area (TPSA) is 78.9 Å². The van der Waals surface area contributed by atoms with E-state index in [0.29, 0.717) is 32.8 Å². The van der Waals surface area contributed by atoms with Crippen molar-refractivity contribution in [2.45, 2.75) is 6.61 Å². The van der Waals surface area contributed by atoms with Crippen LogP contribution in [-0.4, -0.2) is 25.3 Å². The van der Waals surface area contributed by atoms with E-state index < -0.39 is 0 Å². The highest BCUT2D eigenvalue weighted by molar-refractivity contribution is 6.31. The van der Waals surface area contributed by atoms with Gasteiger partial charge in [-0.15, -0.1) is 5.10 Å². The van der Waals surface area contributed by atoms with E-state index in [4.69, 9.17) is 32.6 Å². The average molecular weight is 362 g/mol. The van der Waals surface area contributed by atoms with E-state index in [0.717, 1.165) is 5.56 Å². The molecule has 0 radical (unpaired) electrons. The summed E-state index contributed by atoms with van der Waals surface area (Å²) in [5.41, 5.74) is 2.12. The highest BCUT2D eigenvalue weighted by Crippen LogP contribution is 2.19. The molecule has 4 aromatic rings. The second-order valence-electron chi connectivity index (χ2n) is 4.89. The number of halogens is 2. The third-order valence-electron chi connectivity index (χ3n) is 3.26. The van der Waals surface area contributed by atoms with Gasteiger partial charge in [0.25, 0.3) is 5.89 Å². The highest BCUT2D eigenvalue weighted by Gasteiger charge is 2.11. The van der Waals surface area contributed by atoms with Gasteiger partial charge < -0.3 is 9.36 Å². The van der Waals surface area contributed by atoms with Crippen LogP contribution in [0.4, 0.5) is 0 Å². The molecule has 2 aromatic carbocycles. The zero-order chi connectivity index (χ0) is 16.5. The summed E-state index contributed by atoms with van der Waals surface area (Å²) in [7, 11) is 0. The van der Waals surface area contributed by atoms with E-state index in [-0.39, 0.29) is 6.61 Å². The fraction of sp³-hybridized carbons (Fsp3) is 0.0667. The minimum absolute atomic E-state index is 0.0472. The van der Waals surface area contributed by atoms with E-state index in [2.05, 4.69) is 20.5 Å². The average Bonchev–Trinajstić information content (AvgIpc) is 3.20. The van der Waals surface area contributed by atoms with Crippen LogP contribution in [0.25, 0.3) is 22.4 Å². The van der Waals surface area contributed by atoms with Crippen LogP contribution in [0, 0.1) is 0 Å². The van der Waals surface area contributed by atoms with Crippen molar-refractivity contribution in [3.8, 4) is 11.4 Å². The zero-order valence-corrected chi connectivity index (χ0v) is 13.6. The smallest absolute Gasteiger partial charge is 0.267 e. The standard InChI is InChI=1S/C15H9Cl2N5O2/c16-10-3-1-9(2-4-10)15-18-14(24-20-15)8-23-22-13-7-11(17)5-6-12(13)19-21-22/h1-7H,8H2. The lowest BCUT2D eigenvalue weighted by Crippen LogP contribution is -2.13. The first kappa shape index (κ1) is 14.9. The molecule has 2 heterocycles. The SMILES string of the molecule is Clc1ccc(-c2noc(COn3nnc4ccc(Cl)cc43)n2)cc1. The summed E-state index contributed by atoms with van der Waals surface area (Å²) in [6, 6.07) is 12.3. The highest BCUT2D eigenvalue weighted by atomic mass is 35.5. The molecule has 120 valence electrons. The maximum atomic E-state index is 5.97. The largest absolute Gasteiger partial charge is 0.385 e. The summed E-state index contributed by atoms with van der Waals surface area (Å²) < 4.78 is 5.18. The van der Waals surface area contributed by atoms with Crippen molar-refractivity contribution >= 4 is 34.2 Å². The monoisotopic (exact) mass is 361 g/mol. The molecular weight excluding hydrogens is 353 g/mol. The number of aromatic nitrogens is 5. The van der Waals surface area contributed by atoms with Gasteiger partial charge >= 0.3 is 0 Å². The predicted octanol–water partition coefficient (Wildman–Crippen LogP) is 3.42. The van der Waals surface area contributed by atoms with E-state index in [1.165, 1.54) is 4.85 Å². The van der Waals surface area contributed by atoms with Gasteiger partial charge in [0.1, 0.15) is 11.0 Å². The van der Waals surface area contributed by atoms with Crippen molar-refractivity contribution < 1.29 is 9.36 Å². The first-order valence-electron chi connectivity index (χ1n) is 6.92. The van der Waals surface area contributed by atoms with Gasteiger partial charge in [-0.1, -0.05) is 33.2 Å². The Morgan fingerprint density at radius 1 is 1.04 bits per heavy atom. The first-order chi connectivity index (χ1) is 11.7. The fourth-order valence-electron chi connectivity index (χ4n) is 2.11. The molecule has 0 aliphatic rings. The molecule has 4 rings (SSSR count). The van der Waals surface area contributed by atoms with Crippen molar-refractivity contribution in [1.29, 1.82) is 0 Å². The van der Waals surface area contributed by atoms with Crippen molar-refractivity contribution in [2.24, 2.45) is 0 Å². The van der Waals surface area contributed by atoms with Gasteiger partial charge in [0.2, 0.25) is 5.82 Å². The molecule has 0 aliphatic carbocycles. The number of nitrogens with zero attached hydrogens (tertiary/aromatic N) is 5. The number of hydrogen-bond acceptors (Lipinski definition) is 6. The van der Waals surface area contributed by atoms with Crippen molar-refractivity contribution in [2.75, 3.05) is 0 Å². The number of rotatable bonds is 4. The van der Waals surface area contributed by atoms with Crippen molar-refractivity contribution in [3.05, 3.63) is 58.4 Å². The molecule has 0 spiro atoms. The van der Waals surface area contributed by atoms with E-state index in [1.54, 1.807) is 30.3 Å². The molecule has 0 bridgehead atoms. The summed E-state index contributed by atoms with van der Waals surface area (Å²) in [4.78, 5) is 11.1. The third-order valence-corrected chi connectivity index (χ3v) is 3.75. The number of fused-ring (bicyclic) bond motifs is 1. The van der Waals surface area contributed by atoms with Gasteiger partial charge in [0.15, 0.2) is 6.61 Å². The molecule has 0 N–H and O–H groups in total. The van der Waals surface area contributed by atoms with E-state index >= 15 is 0 Å². The minimum Gasteiger partial charge on any atom is -0.385 e. The summed E-state index contributed by atoms with van der Waals surface area (Å²) >= 11 is 11.8. The van der Waals surface area contributed by atoms with E-state index in [1.807, 2.05) is 12.1 Å². The molecule has 2 aromatic heterocycles. The quantitative estimate of drug-likeness (QED) is 0.554. The molecule has 0 saturated heterocycles.